The summed E-state index contributed by atoms with van der Waals surface area (Å²) >= 11 is 0. The summed E-state index contributed by atoms with van der Waals surface area (Å²) in [7, 11) is 1.69. The lowest BCUT2D eigenvalue weighted by Crippen LogP contribution is -2.27. The highest BCUT2D eigenvalue weighted by Gasteiger charge is 2.16. The van der Waals surface area contributed by atoms with Crippen molar-refractivity contribution in [2.24, 2.45) is 5.92 Å². The Morgan fingerprint density at radius 2 is 2.15 bits per heavy atom. The van der Waals surface area contributed by atoms with Gasteiger partial charge in [-0.1, -0.05) is 25.7 Å². The summed E-state index contributed by atoms with van der Waals surface area (Å²) in [6.07, 6.45) is 6.33. The fraction of sp³-hybridized carbons (Fsp3) is 0.800. The largest absolute Gasteiger partial charge is 0.333 e. The van der Waals surface area contributed by atoms with Crippen molar-refractivity contribution in [2.45, 2.75) is 32.1 Å². The van der Waals surface area contributed by atoms with Crippen molar-refractivity contribution in [2.75, 3.05) is 13.6 Å². The molecule has 13 heavy (non-hydrogen) atoms. The van der Waals surface area contributed by atoms with E-state index in [2.05, 4.69) is 0 Å². The van der Waals surface area contributed by atoms with Gasteiger partial charge in [0, 0.05) is 13.6 Å². The van der Waals surface area contributed by atoms with E-state index in [-0.39, 0.29) is 0 Å². The van der Waals surface area contributed by atoms with Gasteiger partial charge in [-0.15, -0.1) is 0 Å². The standard InChI is InChI=1S/C10H16N2O/c1-12(10(13)8-11)7-6-9-4-2-3-5-9/h9H,2-7H2,1H3. The van der Waals surface area contributed by atoms with Crippen LogP contribution in [0.1, 0.15) is 32.1 Å². The van der Waals surface area contributed by atoms with Gasteiger partial charge < -0.3 is 4.90 Å². The lowest BCUT2D eigenvalue weighted by atomic mass is 10.0. The zero-order valence-electron chi connectivity index (χ0n) is 8.12. The minimum absolute atomic E-state index is 0.419. The second-order valence-electron chi connectivity index (χ2n) is 3.78. The summed E-state index contributed by atoms with van der Waals surface area (Å²) in [5.41, 5.74) is 0. The highest BCUT2D eigenvalue weighted by atomic mass is 16.2. The first-order valence-electron chi connectivity index (χ1n) is 4.89. The van der Waals surface area contributed by atoms with E-state index in [1.807, 2.05) is 0 Å². The highest BCUT2D eigenvalue weighted by Crippen LogP contribution is 2.27. The second-order valence-corrected chi connectivity index (χ2v) is 3.78. The topological polar surface area (TPSA) is 44.1 Å². The second kappa shape index (κ2) is 4.86. The normalized spacial score (nSPS) is 16.9. The number of nitriles is 1. The molecule has 1 saturated carbocycles. The quantitative estimate of drug-likeness (QED) is 0.618. The number of nitrogens with zero attached hydrogens (tertiary/aromatic N) is 2. The number of carbonyl (C=O) groups is 1. The van der Waals surface area contributed by atoms with Gasteiger partial charge in [0.2, 0.25) is 0 Å². The van der Waals surface area contributed by atoms with Crippen molar-refractivity contribution in [1.29, 1.82) is 5.26 Å². The third-order valence-corrected chi connectivity index (χ3v) is 2.79. The molecule has 0 aromatic rings. The molecule has 0 radical (unpaired) electrons. The molecule has 0 atom stereocenters. The van der Waals surface area contributed by atoms with Crippen molar-refractivity contribution in [1.82, 2.24) is 4.90 Å². The highest BCUT2D eigenvalue weighted by molar-refractivity contribution is 5.90. The monoisotopic (exact) mass is 180 g/mol. The number of hydrogen-bond acceptors (Lipinski definition) is 2. The number of rotatable bonds is 3. The van der Waals surface area contributed by atoms with E-state index in [0.717, 1.165) is 18.9 Å². The van der Waals surface area contributed by atoms with E-state index in [4.69, 9.17) is 5.26 Å². The Morgan fingerprint density at radius 1 is 1.54 bits per heavy atom. The van der Waals surface area contributed by atoms with Crippen molar-refractivity contribution < 1.29 is 4.79 Å². The molecule has 72 valence electrons. The van der Waals surface area contributed by atoms with Crippen LogP contribution in [-0.4, -0.2) is 24.4 Å². The lowest BCUT2D eigenvalue weighted by molar-refractivity contribution is -0.124. The Labute approximate surface area is 79.3 Å². The van der Waals surface area contributed by atoms with Crippen LogP contribution in [0.2, 0.25) is 0 Å². The first-order chi connectivity index (χ1) is 6.24. The third-order valence-electron chi connectivity index (χ3n) is 2.79. The summed E-state index contributed by atoms with van der Waals surface area (Å²) in [5, 5.41) is 8.36. The minimum Gasteiger partial charge on any atom is -0.333 e. The van der Waals surface area contributed by atoms with Crippen molar-refractivity contribution >= 4 is 5.91 Å². The van der Waals surface area contributed by atoms with Crippen molar-refractivity contribution in [3.05, 3.63) is 0 Å². The fourth-order valence-electron chi connectivity index (χ4n) is 1.86. The van der Waals surface area contributed by atoms with E-state index < -0.39 is 5.91 Å². The Bertz CT molecular complexity index is 213. The zero-order chi connectivity index (χ0) is 9.68. The van der Waals surface area contributed by atoms with Crippen LogP contribution in [0.15, 0.2) is 0 Å². The Hall–Kier alpha value is -1.04. The maximum atomic E-state index is 10.9. The molecule has 1 fully saturated rings. The lowest BCUT2D eigenvalue weighted by Gasteiger charge is -2.15. The third kappa shape index (κ3) is 3.06. The summed E-state index contributed by atoms with van der Waals surface area (Å²) in [5.74, 6) is 0.368. The molecular weight excluding hydrogens is 164 g/mol. The van der Waals surface area contributed by atoms with E-state index in [0.29, 0.717) is 0 Å². The van der Waals surface area contributed by atoms with Crippen LogP contribution in [0.25, 0.3) is 0 Å². The van der Waals surface area contributed by atoms with Gasteiger partial charge in [0.15, 0.2) is 6.07 Å². The van der Waals surface area contributed by atoms with E-state index in [1.54, 1.807) is 13.1 Å². The van der Waals surface area contributed by atoms with Gasteiger partial charge in [-0.2, -0.15) is 5.26 Å². The predicted molar refractivity (Wildman–Crippen MR) is 49.8 cm³/mol. The van der Waals surface area contributed by atoms with Gasteiger partial charge in [-0.25, -0.2) is 0 Å². The summed E-state index contributed by atoms with van der Waals surface area (Å²) in [6, 6.07) is 1.63. The molecule has 0 bridgehead atoms. The Morgan fingerprint density at radius 3 is 2.69 bits per heavy atom. The molecule has 0 aliphatic heterocycles. The summed E-state index contributed by atoms with van der Waals surface area (Å²) in [4.78, 5) is 12.4. The molecule has 3 heteroatoms. The van der Waals surface area contributed by atoms with E-state index in [9.17, 15) is 4.79 Å². The Kier molecular flexibility index (Phi) is 3.75. The molecule has 1 aliphatic rings. The van der Waals surface area contributed by atoms with Crippen LogP contribution in [0.3, 0.4) is 0 Å². The zero-order valence-corrected chi connectivity index (χ0v) is 8.12. The van der Waals surface area contributed by atoms with Crippen LogP contribution in [-0.2, 0) is 4.79 Å². The van der Waals surface area contributed by atoms with Gasteiger partial charge >= 0.3 is 5.91 Å². The first-order valence-corrected chi connectivity index (χ1v) is 4.89. The van der Waals surface area contributed by atoms with E-state index >= 15 is 0 Å². The smallest absolute Gasteiger partial charge is 0.324 e. The predicted octanol–water partition coefficient (Wildman–Crippen LogP) is 1.55. The van der Waals surface area contributed by atoms with Gasteiger partial charge in [0.1, 0.15) is 0 Å². The van der Waals surface area contributed by atoms with Crippen molar-refractivity contribution in [3.8, 4) is 6.07 Å². The number of amides is 1. The molecule has 0 unspecified atom stereocenters. The SMILES string of the molecule is CN(CCC1CCCC1)C(=O)C#N. The van der Waals surface area contributed by atoms with E-state index in [1.165, 1.54) is 30.6 Å². The summed E-state index contributed by atoms with van der Waals surface area (Å²) < 4.78 is 0. The minimum atomic E-state index is -0.419. The summed E-state index contributed by atoms with van der Waals surface area (Å²) in [6.45, 7) is 0.733. The maximum absolute atomic E-state index is 10.9. The fourth-order valence-corrected chi connectivity index (χ4v) is 1.86. The van der Waals surface area contributed by atoms with Gasteiger partial charge in [-0.05, 0) is 12.3 Å². The molecule has 0 spiro atoms. The maximum Gasteiger partial charge on any atom is 0.324 e. The van der Waals surface area contributed by atoms with Crippen LogP contribution in [0.4, 0.5) is 0 Å². The molecule has 1 amide bonds. The van der Waals surface area contributed by atoms with Gasteiger partial charge in [0.25, 0.3) is 0 Å². The Balaban J connectivity index is 2.18. The molecule has 3 nitrogen and oxygen atoms in total. The van der Waals surface area contributed by atoms with Crippen LogP contribution in [0.5, 0.6) is 0 Å². The molecule has 0 aromatic heterocycles. The molecule has 1 aliphatic carbocycles. The average molecular weight is 180 g/mol. The van der Waals surface area contributed by atoms with Crippen LogP contribution >= 0.6 is 0 Å². The number of carbonyl (C=O) groups excluding carboxylic acids is 1. The first kappa shape index (κ1) is 10.0. The number of hydrogen-bond donors (Lipinski definition) is 0. The molecule has 0 heterocycles. The molecule has 0 N–H and O–H groups in total. The van der Waals surface area contributed by atoms with Gasteiger partial charge in [0.05, 0.1) is 0 Å². The van der Waals surface area contributed by atoms with Crippen molar-refractivity contribution in [3.63, 3.8) is 0 Å². The average Bonchev–Trinajstić information content (AvgIpc) is 2.65. The van der Waals surface area contributed by atoms with Gasteiger partial charge in [-0.3, -0.25) is 4.79 Å². The van der Waals surface area contributed by atoms with Crippen LogP contribution in [0, 0.1) is 17.2 Å². The van der Waals surface area contributed by atoms with Crippen LogP contribution < -0.4 is 0 Å². The molecule has 0 aromatic carbocycles. The molecular formula is C10H16N2O. The molecule has 1 rings (SSSR count). The molecule has 0 saturated heterocycles.